The van der Waals surface area contributed by atoms with Crippen molar-refractivity contribution in [3.05, 3.63) is 70.8 Å². The molecular formula is C22H25F3N2O. The van der Waals surface area contributed by atoms with Gasteiger partial charge in [-0.1, -0.05) is 42.0 Å². The fourth-order valence-electron chi connectivity index (χ4n) is 3.96. The van der Waals surface area contributed by atoms with Crippen molar-refractivity contribution < 1.29 is 18.0 Å². The second-order valence-corrected chi connectivity index (χ2v) is 7.52. The van der Waals surface area contributed by atoms with Gasteiger partial charge in [0.15, 0.2) is 0 Å². The molecule has 3 rings (SSSR count). The van der Waals surface area contributed by atoms with Crippen LogP contribution in [0.25, 0.3) is 0 Å². The first-order valence-corrected chi connectivity index (χ1v) is 9.44. The molecule has 2 aromatic carbocycles. The monoisotopic (exact) mass is 390 g/mol. The molecule has 0 aromatic heterocycles. The predicted molar refractivity (Wildman–Crippen MR) is 103 cm³/mol. The van der Waals surface area contributed by atoms with Crippen LogP contribution in [0, 0.1) is 12.8 Å². The number of benzene rings is 2. The molecule has 1 amide bonds. The summed E-state index contributed by atoms with van der Waals surface area (Å²) in [7, 11) is 1.67. The van der Waals surface area contributed by atoms with E-state index >= 15 is 0 Å². The van der Waals surface area contributed by atoms with Crippen LogP contribution < -0.4 is 5.32 Å². The van der Waals surface area contributed by atoms with Gasteiger partial charge < -0.3 is 10.2 Å². The van der Waals surface area contributed by atoms with E-state index in [1.54, 1.807) is 24.9 Å². The van der Waals surface area contributed by atoms with Gasteiger partial charge in [-0.25, -0.2) is 0 Å². The quantitative estimate of drug-likeness (QED) is 0.841. The van der Waals surface area contributed by atoms with Crippen molar-refractivity contribution in [1.82, 2.24) is 10.2 Å². The Balaban J connectivity index is 1.77. The van der Waals surface area contributed by atoms with Crippen molar-refractivity contribution in [3.8, 4) is 0 Å². The molecule has 0 aliphatic carbocycles. The number of alkyl halides is 3. The van der Waals surface area contributed by atoms with Gasteiger partial charge in [0.05, 0.1) is 5.56 Å². The van der Waals surface area contributed by atoms with Crippen molar-refractivity contribution in [3.63, 3.8) is 0 Å². The highest BCUT2D eigenvalue weighted by Gasteiger charge is 2.34. The molecule has 1 fully saturated rings. The zero-order valence-corrected chi connectivity index (χ0v) is 16.1. The predicted octanol–water partition coefficient (Wildman–Crippen LogP) is 4.37. The minimum atomic E-state index is -4.39. The van der Waals surface area contributed by atoms with Crippen LogP contribution in [0.4, 0.5) is 13.2 Å². The van der Waals surface area contributed by atoms with Gasteiger partial charge in [-0.05, 0) is 43.1 Å². The Bertz CT molecular complexity index is 820. The smallest absolute Gasteiger partial charge is 0.341 e. The lowest BCUT2D eigenvalue weighted by molar-refractivity contribution is -0.137. The Labute approximate surface area is 163 Å². The number of nitrogens with one attached hydrogen (secondary N) is 1. The largest absolute Gasteiger partial charge is 0.416 e. The lowest BCUT2D eigenvalue weighted by Crippen LogP contribution is -2.43. The van der Waals surface area contributed by atoms with Crippen molar-refractivity contribution in [2.45, 2.75) is 32.0 Å². The number of halogens is 3. The van der Waals surface area contributed by atoms with E-state index in [1.165, 1.54) is 0 Å². The average molecular weight is 390 g/mol. The first-order valence-electron chi connectivity index (χ1n) is 9.44. The minimum absolute atomic E-state index is 0.0228. The van der Waals surface area contributed by atoms with Crippen molar-refractivity contribution in [1.29, 1.82) is 0 Å². The SMILES string of the molecule is Cc1cc(CN(C)C(=O)C2CCNCC2c2ccccc2)cc(C(F)(F)F)c1. The normalized spacial score (nSPS) is 20.0. The lowest BCUT2D eigenvalue weighted by Gasteiger charge is -2.34. The van der Waals surface area contributed by atoms with Gasteiger partial charge in [0.2, 0.25) is 5.91 Å². The molecule has 6 heteroatoms. The van der Waals surface area contributed by atoms with Crippen LogP contribution in [0.1, 0.15) is 34.6 Å². The summed E-state index contributed by atoms with van der Waals surface area (Å²) in [5.41, 5.74) is 1.46. The molecule has 1 saturated heterocycles. The molecule has 28 heavy (non-hydrogen) atoms. The molecule has 2 atom stereocenters. The number of nitrogens with zero attached hydrogens (tertiary/aromatic N) is 1. The van der Waals surface area contributed by atoms with Crippen LogP contribution in [0.5, 0.6) is 0 Å². The number of rotatable bonds is 4. The van der Waals surface area contributed by atoms with Crippen LogP contribution >= 0.6 is 0 Å². The van der Waals surface area contributed by atoms with Crippen LogP contribution in [0.15, 0.2) is 48.5 Å². The number of carbonyl (C=O) groups is 1. The Morgan fingerprint density at radius 1 is 1.18 bits per heavy atom. The Kier molecular flexibility index (Phi) is 6.08. The van der Waals surface area contributed by atoms with E-state index in [1.807, 2.05) is 30.3 Å². The van der Waals surface area contributed by atoms with E-state index in [0.29, 0.717) is 17.5 Å². The van der Waals surface area contributed by atoms with E-state index in [-0.39, 0.29) is 24.3 Å². The van der Waals surface area contributed by atoms with Gasteiger partial charge in [0.25, 0.3) is 0 Å². The number of amides is 1. The summed E-state index contributed by atoms with van der Waals surface area (Å²) in [4.78, 5) is 14.7. The Morgan fingerprint density at radius 3 is 2.57 bits per heavy atom. The maximum absolute atomic E-state index is 13.1. The van der Waals surface area contributed by atoms with E-state index in [2.05, 4.69) is 5.32 Å². The molecule has 0 saturated carbocycles. The summed E-state index contributed by atoms with van der Waals surface area (Å²) >= 11 is 0. The molecule has 0 radical (unpaired) electrons. The van der Waals surface area contributed by atoms with E-state index in [4.69, 9.17) is 0 Å². The van der Waals surface area contributed by atoms with Gasteiger partial charge >= 0.3 is 6.18 Å². The summed E-state index contributed by atoms with van der Waals surface area (Å²) in [6.45, 7) is 3.28. The number of aryl methyl sites for hydroxylation is 1. The van der Waals surface area contributed by atoms with Crippen molar-refractivity contribution in [2.75, 3.05) is 20.1 Å². The molecule has 2 aromatic rings. The summed E-state index contributed by atoms with van der Waals surface area (Å²) in [5.74, 6) is -0.140. The summed E-state index contributed by atoms with van der Waals surface area (Å²) in [6, 6.07) is 13.9. The molecule has 0 spiro atoms. The van der Waals surface area contributed by atoms with Crippen molar-refractivity contribution >= 4 is 5.91 Å². The van der Waals surface area contributed by atoms with Crippen LogP contribution in [0.3, 0.4) is 0 Å². The summed E-state index contributed by atoms with van der Waals surface area (Å²) in [6.07, 6.45) is -3.68. The summed E-state index contributed by atoms with van der Waals surface area (Å²) < 4.78 is 39.3. The standard InChI is InChI=1S/C22H25F3N2O/c1-15-10-16(12-18(11-15)22(23,24)25)14-27(2)21(28)19-8-9-26-13-20(19)17-6-4-3-5-7-17/h3-7,10-12,19-20,26H,8-9,13-14H2,1-2H3. The second kappa shape index (κ2) is 8.35. The second-order valence-electron chi connectivity index (χ2n) is 7.52. The van der Waals surface area contributed by atoms with E-state index in [9.17, 15) is 18.0 Å². The summed E-state index contributed by atoms with van der Waals surface area (Å²) in [5, 5.41) is 3.34. The molecule has 150 valence electrons. The molecule has 1 aliphatic rings. The van der Waals surface area contributed by atoms with Gasteiger partial charge in [-0.3, -0.25) is 4.79 Å². The minimum Gasteiger partial charge on any atom is -0.341 e. The fraction of sp³-hybridized carbons (Fsp3) is 0.409. The maximum atomic E-state index is 13.1. The molecule has 1 heterocycles. The fourth-order valence-corrected chi connectivity index (χ4v) is 3.96. The highest BCUT2D eigenvalue weighted by Crippen LogP contribution is 2.32. The van der Waals surface area contributed by atoms with E-state index in [0.717, 1.165) is 30.8 Å². The number of carbonyl (C=O) groups excluding carboxylic acids is 1. The molecule has 1 N–H and O–H groups in total. The van der Waals surface area contributed by atoms with Crippen LogP contribution in [-0.2, 0) is 17.5 Å². The molecule has 2 unspecified atom stereocenters. The third-order valence-corrected chi connectivity index (χ3v) is 5.29. The molecule has 0 bridgehead atoms. The average Bonchev–Trinajstić information content (AvgIpc) is 2.67. The van der Waals surface area contributed by atoms with Gasteiger partial charge in [0.1, 0.15) is 0 Å². The van der Waals surface area contributed by atoms with Crippen molar-refractivity contribution in [2.24, 2.45) is 5.92 Å². The first-order chi connectivity index (χ1) is 13.3. The Hall–Kier alpha value is -2.34. The zero-order chi connectivity index (χ0) is 20.3. The topological polar surface area (TPSA) is 32.3 Å². The number of hydrogen-bond acceptors (Lipinski definition) is 2. The number of hydrogen-bond donors (Lipinski definition) is 1. The van der Waals surface area contributed by atoms with Gasteiger partial charge in [-0.2, -0.15) is 13.2 Å². The molecule has 3 nitrogen and oxygen atoms in total. The highest BCUT2D eigenvalue weighted by molar-refractivity contribution is 5.80. The lowest BCUT2D eigenvalue weighted by atomic mass is 9.80. The van der Waals surface area contributed by atoms with Gasteiger partial charge in [0, 0.05) is 32.0 Å². The van der Waals surface area contributed by atoms with Crippen LogP contribution in [0.2, 0.25) is 0 Å². The first kappa shape index (κ1) is 20.4. The maximum Gasteiger partial charge on any atom is 0.416 e. The van der Waals surface area contributed by atoms with E-state index < -0.39 is 11.7 Å². The Morgan fingerprint density at radius 2 is 1.89 bits per heavy atom. The third-order valence-electron chi connectivity index (χ3n) is 5.29. The molecular weight excluding hydrogens is 365 g/mol. The van der Waals surface area contributed by atoms with Gasteiger partial charge in [-0.15, -0.1) is 0 Å². The highest BCUT2D eigenvalue weighted by atomic mass is 19.4. The third kappa shape index (κ3) is 4.73. The zero-order valence-electron chi connectivity index (χ0n) is 16.1. The number of piperidine rings is 1. The molecule has 1 aliphatic heterocycles. The van der Waals surface area contributed by atoms with Crippen LogP contribution in [-0.4, -0.2) is 30.9 Å².